The lowest BCUT2D eigenvalue weighted by atomic mass is 10.0. The van der Waals surface area contributed by atoms with E-state index in [2.05, 4.69) is 31.1 Å². The van der Waals surface area contributed by atoms with Crippen molar-refractivity contribution in [3.05, 3.63) is 41.1 Å². The predicted molar refractivity (Wildman–Crippen MR) is 69.7 cm³/mol. The second-order valence-electron chi connectivity index (χ2n) is 4.34. The molecule has 18 heavy (non-hydrogen) atoms. The molecule has 0 amide bonds. The lowest BCUT2D eigenvalue weighted by molar-refractivity contribution is 0.0689. The second kappa shape index (κ2) is 4.64. The van der Waals surface area contributed by atoms with Gasteiger partial charge in [0, 0.05) is 12.6 Å². The molecule has 1 heterocycles. The Morgan fingerprint density at radius 3 is 2.61 bits per heavy atom. The van der Waals surface area contributed by atoms with Crippen molar-refractivity contribution in [3.63, 3.8) is 0 Å². The molecule has 4 heteroatoms. The number of aromatic carboxylic acids is 1. The van der Waals surface area contributed by atoms with Crippen molar-refractivity contribution in [3.8, 4) is 11.3 Å². The Balaban J connectivity index is 2.48. The topological polar surface area (TPSA) is 55.1 Å². The summed E-state index contributed by atoms with van der Waals surface area (Å²) in [6.07, 6.45) is 0.998. The van der Waals surface area contributed by atoms with Crippen LogP contribution in [-0.2, 0) is 13.5 Å². The molecule has 0 unspecified atom stereocenters. The molecule has 2 rings (SSSR count). The van der Waals surface area contributed by atoms with Crippen molar-refractivity contribution in [1.29, 1.82) is 0 Å². The number of aromatic nitrogens is 2. The fourth-order valence-corrected chi connectivity index (χ4v) is 2.09. The van der Waals surface area contributed by atoms with Gasteiger partial charge in [0.15, 0.2) is 5.69 Å². The van der Waals surface area contributed by atoms with E-state index in [0.717, 1.165) is 17.7 Å². The van der Waals surface area contributed by atoms with E-state index in [1.54, 1.807) is 17.8 Å². The lowest BCUT2D eigenvalue weighted by Crippen LogP contribution is -1.99. The van der Waals surface area contributed by atoms with Crippen molar-refractivity contribution in [2.45, 2.75) is 20.3 Å². The molecule has 0 bridgehead atoms. The van der Waals surface area contributed by atoms with Crippen LogP contribution in [0.3, 0.4) is 0 Å². The highest BCUT2D eigenvalue weighted by molar-refractivity contribution is 5.87. The normalized spacial score (nSPS) is 10.6. The van der Waals surface area contributed by atoms with Crippen molar-refractivity contribution in [2.75, 3.05) is 0 Å². The first kappa shape index (κ1) is 12.4. The molecule has 1 aromatic carbocycles. The van der Waals surface area contributed by atoms with E-state index in [1.165, 1.54) is 11.1 Å². The molecule has 2 aromatic rings. The lowest BCUT2D eigenvalue weighted by Gasteiger charge is -2.07. The molecule has 1 aromatic heterocycles. The smallest absolute Gasteiger partial charge is 0.356 e. The molecule has 0 atom stereocenters. The van der Waals surface area contributed by atoms with Gasteiger partial charge < -0.3 is 5.11 Å². The fraction of sp³-hybridized carbons (Fsp3) is 0.286. The maximum Gasteiger partial charge on any atom is 0.356 e. The third-order valence-electron chi connectivity index (χ3n) is 3.12. The fourth-order valence-electron chi connectivity index (χ4n) is 2.09. The summed E-state index contributed by atoms with van der Waals surface area (Å²) in [5, 5.41) is 12.9. The molecule has 0 radical (unpaired) electrons. The molecule has 0 spiro atoms. The number of hydrogen-bond acceptors (Lipinski definition) is 2. The van der Waals surface area contributed by atoms with Crippen LogP contribution in [0.5, 0.6) is 0 Å². The molecular formula is C14H16N2O2. The molecule has 94 valence electrons. The number of rotatable bonds is 3. The Morgan fingerprint density at radius 1 is 1.39 bits per heavy atom. The first-order valence-corrected chi connectivity index (χ1v) is 5.90. The van der Waals surface area contributed by atoms with Gasteiger partial charge in [0.1, 0.15) is 0 Å². The zero-order valence-electron chi connectivity index (χ0n) is 10.8. The molecular weight excluding hydrogens is 228 g/mol. The van der Waals surface area contributed by atoms with E-state index in [9.17, 15) is 4.79 Å². The molecule has 4 nitrogen and oxygen atoms in total. The second-order valence-corrected chi connectivity index (χ2v) is 4.34. The van der Waals surface area contributed by atoms with Gasteiger partial charge in [-0.1, -0.05) is 19.1 Å². The van der Waals surface area contributed by atoms with Crippen molar-refractivity contribution in [2.24, 2.45) is 7.05 Å². The summed E-state index contributed by atoms with van der Waals surface area (Å²) < 4.78 is 1.60. The zero-order chi connectivity index (χ0) is 13.3. The molecule has 0 aliphatic rings. The first-order chi connectivity index (χ1) is 8.52. The van der Waals surface area contributed by atoms with Crippen molar-refractivity contribution in [1.82, 2.24) is 9.78 Å². The highest BCUT2D eigenvalue weighted by Crippen LogP contribution is 2.23. The molecule has 0 saturated carbocycles. The minimum Gasteiger partial charge on any atom is -0.476 e. The van der Waals surface area contributed by atoms with Crippen LogP contribution in [0.15, 0.2) is 24.3 Å². The molecule has 1 N–H and O–H groups in total. The number of hydrogen-bond donors (Lipinski definition) is 1. The largest absolute Gasteiger partial charge is 0.476 e. The van der Waals surface area contributed by atoms with Gasteiger partial charge in [0.25, 0.3) is 0 Å². The number of benzene rings is 1. The maximum absolute atomic E-state index is 10.9. The average Bonchev–Trinajstić information content (AvgIpc) is 2.71. The highest BCUT2D eigenvalue weighted by atomic mass is 16.4. The molecule has 0 aliphatic carbocycles. The van der Waals surface area contributed by atoms with E-state index in [-0.39, 0.29) is 5.69 Å². The number of carboxylic acid groups (broad SMARTS) is 1. The quantitative estimate of drug-likeness (QED) is 0.903. The number of nitrogens with zero attached hydrogens (tertiary/aromatic N) is 2. The van der Waals surface area contributed by atoms with Gasteiger partial charge in [-0.3, -0.25) is 4.68 Å². The van der Waals surface area contributed by atoms with Crippen LogP contribution < -0.4 is 0 Å². The number of carboxylic acids is 1. The van der Waals surface area contributed by atoms with E-state index in [1.807, 2.05) is 6.07 Å². The van der Waals surface area contributed by atoms with Gasteiger partial charge in [-0.05, 0) is 36.6 Å². The molecule has 0 fully saturated rings. The standard InChI is InChI=1S/C14H16N2O2/c1-4-10-5-6-11(7-9(10)2)13-8-12(14(17)18)15-16(13)3/h5-8H,4H2,1-3H3,(H,17,18). The summed E-state index contributed by atoms with van der Waals surface area (Å²) in [4.78, 5) is 10.9. The van der Waals surface area contributed by atoms with Crippen LogP contribution in [0.2, 0.25) is 0 Å². The summed E-state index contributed by atoms with van der Waals surface area (Å²) in [6, 6.07) is 7.76. The third kappa shape index (κ3) is 2.14. The Labute approximate surface area is 106 Å². The van der Waals surface area contributed by atoms with Crippen molar-refractivity contribution >= 4 is 5.97 Å². The van der Waals surface area contributed by atoms with Crippen LogP contribution in [0.1, 0.15) is 28.5 Å². The first-order valence-electron chi connectivity index (χ1n) is 5.90. The third-order valence-corrected chi connectivity index (χ3v) is 3.12. The molecule has 0 saturated heterocycles. The minimum absolute atomic E-state index is 0.0738. The van der Waals surface area contributed by atoms with E-state index < -0.39 is 5.97 Å². The van der Waals surface area contributed by atoms with Crippen LogP contribution in [-0.4, -0.2) is 20.9 Å². The number of aryl methyl sites for hydroxylation is 3. The Hall–Kier alpha value is -2.10. The highest BCUT2D eigenvalue weighted by Gasteiger charge is 2.12. The molecule has 0 aliphatic heterocycles. The minimum atomic E-state index is -1.00. The summed E-state index contributed by atoms with van der Waals surface area (Å²) in [5.41, 5.74) is 4.41. The summed E-state index contributed by atoms with van der Waals surface area (Å²) in [5.74, 6) is -1.00. The predicted octanol–water partition coefficient (Wildman–Crippen LogP) is 2.66. The van der Waals surface area contributed by atoms with Crippen LogP contribution in [0, 0.1) is 6.92 Å². The Bertz CT molecular complexity index is 600. The van der Waals surface area contributed by atoms with Gasteiger partial charge in [0.2, 0.25) is 0 Å². The average molecular weight is 244 g/mol. The van der Waals surface area contributed by atoms with E-state index >= 15 is 0 Å². The van der Waals surface area contributed by atoms with Crippen LogP contribution >= 0.6 is 0 Å². The van der Waals surface area contributed by atoms with Gasteiger partial charge in [-0.25, -0.2) is 4.79 Å². The van der Waals surface area contributed by atoms with E-state index in [0.29, 0.717) is 0 Å². The Kier molecular flexibility index (Phi) is 3.19. The van der Waals surface area contributed by atoms with Gasteiger partial charge >= 0.3 is 5.97 Å². The SMILES string of the molecule is CCc1ccc(-c2cc(C(=O)O)nn2C)cc1C. The number of carbonyl (C=O) groups is 1. The summed E-state index contributed by atoms with van der Waals surface area (Å²) in [6.45, 7) is 4.19. The van der Waals surface area contributed by atoms with Crippen molar-refractivity contribution < 1.29 is 9.90 Å². The monoisotopic (exact) mass is 244 g/mol. The van der Waals surface area contributed by atoms with Crippen LogP contribution in [0.4, 0.5) is 0 Å². The van der Waals surface area contributed by atoms with Gasteiger partial charge in [0.05, 0.1) is 5.69 Å². The zero-order valence-corrected chi connectivity index (χ0v) is 10.8. The summed E-state index contributed by atoms with van der Waals surface area (Å²) >= 11 is 0. The van der Waals surface area contributed by atoms with E-state index in [4.69, 9.17) is 5.11 Å². The van der Waals surface area contributed by atoms with Gasteiger partial charge in [-0.15, -0.1) is 0 Å². The van der Waals surface area contributed by atoms with Crippen LogP contribution in [0.25, 0.3) is 11.3 Å². The van der Waals surface area contributed by atoms with Gasteiger partial charge in [-0.2, -0.15) is 5.10 Å². The maximum atomic E-state index is 10.9. The Morgan fingerprint density at radius 2 is 2.11 bits per heavy atom. The summed E-state index contributed by atoms with van der Waals surface area (Å²) in [7, 11) is 1.75.